The van der Waals surface area contributed by atoms with Gasteiger partial charge in [0.15, 0.2) is 0 Å². The minimum absolute atomic E-state index is 0.132. The van der Waals surface area contributed by atoms with Gasteiger partial charge in [-0.15, -0.1) is 0 Å². The van der Waals surface area contributed by atoms with Gasteiger partial charge in [-0.05, 0) is 42.5 Å². The second-order valence-electron chi connectivity index (χ2n) is 3.90. The van der Waals surface area contributed by atoms with E-state index in [1.165, 1.54) is 30.3 Å². The Bertz CT molecular complexity index is 651. The van der Waals surface area contributed by atoms with Crippen molar-refractivity contribution in [2.45, 2.75) is 0 Å². The second-order valence-corrected chi connectivity index (χ2v) is 4.75. The predicted octanol–water partition coefficient (Wildman–Crippen LogP) is 3.64. The first-order valence-electron chi connectivity index (χ1n) is 5.38. The maximum atomic E-state index is 12.1. The van der Waals surface area contributed by atoms with Crippen molar-refractivity contribution in [1.29, 1.82) is 0 Å². The van der Waals surface area contributed by atoms with Crippen molar-refractivity contribution in [2.75, 3.05) is 5.73 Å². The molecule has 0 aliphatic rings. The molecule has 96 valence electrons. The molecular weight excluding hydrogens is 285 g/mol. The first-order valence-corrected chi connectivity index (χ1v) is 6.14. The van der Waals surface area contributed by atoms with Gasteiger partial charge in [-0.2, -0.15) is 0 Å². The van der Waals surface area contributed by atoms with Crippen molar-refractivity contribution in [2.24, 2.45) is 0 Å². The summed E-state index contributed by atoms with van der Waals surface area (Å²) in [4.78, 5) is 24.1. The zero-order valence-electron chi connectivity index (χ0n) is 9.69. The van der Waals surface area contributed by atoms with Crippen LogP contribution in [0.25, 0.3) is 0 Å². The first-order chi connectivity index (χ1) is 8.99. The number of halogens is 2. The Morgan fingerprint density at radius 1 is 0.895 bits per heavy atom. The summed E-state index contributed by atoms with van der Waals surface area (Å²) in [6, 6.07) is 10.5. The average molecular weight is 294 g/mol. The van der Waals surface area contributed by atoms with Crippen molar-refractivity contribution in [3.8, 4) is 0 Å². The SMILES string of the molecule is Nc1ccc(C(=O)C(=O)c2ccc(Cl)cc2Cl)cc1. The lowest BCUT2D eigenvalue weighted by atomic mass is 10.0. The Morgan fingerprint density at radius 3 is 2.11 bits per heavy atom. The summed E-state index contributed by atoms with van der Waals surface area (Å²) in [6.45, 7) is 0. The van der Waals surface area contributed by atoms with Crippen LogP contribution >= 0.6 is 23.2 Å². The smallest absolute Gasteiger partial charge is 0.235 e. The molecule has 0 atom stereocenters. The molecule has 0 aromatic heterocycles. The standard InChI is InChI=1S/C14H9Cl2NO2/c15-9-3-6-11(12(16)7-9)14(19)13(18)8-1-4-10(17)5-2-8/h1-7H,17H2. The van der Waals surface area contributed by atoms with E-state index in [-0.39, 0.29) is 16.1 Å². The quantitative estimate of drug-likeness (QED) is 0.534. The predicted molar refractivity (Wildman–Crippen MR) is 76.0 cm³/mol. The number of Topliss-reactive ketones (excluding diaryl/α,β-unsaturated/α-hetero) is 2. The Balaban J connectivity index is 2.33. The third-order valence-corrected chi connectivity index (χ3v) is 3.10. The topological polar surface area (TPSA) is 60.2 Å². The Kier molecular flexibility index (Phi) is 3.88. The van der Waals surface area contributed by atoms with Crippen LogP contribution in [0, 0.1) is 0 Å². The summed E-state index contributed by atoms with van der Waals surface area (Å²) in [5.41, 5.74) is 6.45. The van der Waals surface area contributed by atoms with E-state index in [1.807, 2.05) is 0 Å². The first kappa shape index (κ1) is 13.6. The van der Waals surface area contributed by atoms with Crippen LogP contribution in [0.4, 0.5) is 5.69 Å². The average Bonchev–Trinajstić information content (AvgIpc) is 2.38. The third kappa shape index (κ3) is 2.95. The molecule has 0 aliphatic carbocycles. The largest absolute Gasteiger partial charge is 0.399 e. The number of hydrogen-bond acceptors (Lipinski definition) is 3. The molecule has 2 aromatic rings. The number of ketones is 2. The van der Waals surface area contributed by atoms with Crippen molar-refractivity contribution in [3.63, 3.8) is 0 Å². The fraction of sp³-hybridized carbons (Fsp3) is 0. The van der Waals surface area contributed by atoms with Crippen LogP contribution in [-0.2, 0) is 0 Å². The van der Waals surface area contributed by atoms with Crippen LogP contribution in [0.5, 0.6) is 0 Å². The minimum Gasteiger partial charge on any atom is -0.399 e. The van der Waals surface area contributed by atoms with Gasteiger partial charge in [-0.3, -0.25) is 9.59 Å². The summed E-state index contributed by atoms with van der Waals surface area (Å²) >= 11 is 11.6. The molecule has 2 N–H and O–H groups in total. The molecule has 0 bridgehead atoms. The Morgan fingerprint density at radius 2 is 1.53 bits per heavy atom. The Hall–Kier alpha value is -1.84. The summed E-state index contributed by atoms with van der Waals surface area (Å²) in [5.74, 6) is -1.31. The van der Waals surface area contributed by atoms with Crippen LogP contribution in [0.1, 0.15) is 20.7 Å². The number of carbonyl (C=O) groups excluding carboxylic acids is 2. The highest BCUT2D eigenvalue weighted by Crippen LogP contribution is 2.22. The Labute approximate surface area is 119 Å². The highest BCUT2D eigenvalue weighted by molar-refractivity contribution is 6.52. The van der Waals surface area contributed by atoms with Crippen molar-refractivity contribution >= 4 is 40.5 Å². The lowest BCUT2D eigenvalue weighted by molar-refractivity contribution is 0.0817. The highest BCUT2D eigenvalue weighted by Gasteiger charge is 2.20. The second kappa shape index (κ2) is 5.43. The number of hydrogen-bond donors (Lipinski definition) is 1. The molecule has 0 heterocycles. The summed E-state index contributed by atoms with van der Waals surface area (Å²) in [6.07, 6.45) is 0. The van der Waals surface area contributed by atoms with Gasteiger partial charge in [-0.1, -0.05) is 23.2 Å². The molecule has 2 rings (SSSR count). The van der Waals surface area contributed by atoms with Gasteiger partial charge in [0.2, 0.25) is 11.6 Å². The lowest BCUT2D eigenvalue weighted by Gasteiger charge is -2.04. The number of anilines is 1. The molecule has 19 heavy (non-hydrogen) atoms. The molecule has 0 saturated heterocycles. The lowest BCUT2D eigenvalue weighted by Crippen LogP contribution is -2.15. The number of carbonyl (C=O) groups is 2. The molecule has 0 amide bonds. The van der Waals surface area contributed by atoms with E-state index < -0.39 is 11.6 Å². The van der Waals surface area contributed by atoms with Gasteiger partial charge < -0.3 is 5.73 Å². The van der Waals surface area contributed by atoms with Crippen molar-refractivity contribution in [1.82, 2.24) is 0 Å². The molecule has 2 aromatic carbocycles. The van der Waals surface area contributed by atoms with Gasteiger partial charge in [0.05, 0.1) is 5.02 Å². The van der Waals surface area contributed by atoms with E-state index in [9.17, 15) is 9.59 Å². The van der Waals surface area contributed by atoms with E-state index in [2.05, 4.69) is 0 Å². The molecule has 0 aliphatic heterocycles. The number of nitrogen functional groups attached to an aromatic ring is 1. The van der Waals surface area contributed by atoms with E-state index in [4.69, 9.17) is 28.9 Å². The maximum absolute atomic E-state index is 12.1. The summed E-state index contributed by atoms with van der Waals surface area (Å²) in [5, 5.41) is 0.558. The molecular formula is C14H9Cl2NO2. The number of nitrogens with two attached hydrogens (primary N) is 1. The van der Waals surface area contributed by atoms with Gasteiger partial charge in [0.25, 0.3) is 0 Å². The van der Waals surface area contributed by atoms with E-state index in [0.29, 0.717) is 10.7 Å². The van der Waals surface area contributed by atoms with Gasteiger partial charge >= 0.3 is 0 Å². The van der Waals surface area contributed by atoms with Gasteiger partial charge in [-0.25, -0.2) is 0 Å². The van der Waals surface area contributed by atoms with Crippen molar-refractivity contribution < 1.29 is 9.59 Å². The van der Waals surface area contributed by atoms with Crippen LogP contribution in [-0.4, -0.2) is 11.6 Å². The molecule has 0 saturated carbocycles. The summed E-state index contributed by atoms with van der Waals surface area (Å²) < 4.78 is 0. The normalized spacial score (nSPS) is 10.2. The highest BCUT2D eigenvalue weighted by atomic mass is 35.5. The molecule has 0 unspecified atom stereocenters. The fourth-order valence-electron chi connectivity index (χ4n) is 1.56. The van der Waals surface area contributed by atoms with Crippen molar-refractivity contribution in [3.05, 3.63) is 63.6 Å². The van der Waals surface area contributed by atoms with Gasteiger partial charge in [0.1, 0.15) is 0 Å². The third-order valence-electron chi connectivity index (χ3n) is 2.55. The van der Waals surface area contributed by atoms with E-state index in [0.717, 1.165) is 0 Å². The van der Waals surface area contributed by atoms with Crippen LogP contribution in [0.2, 0.25) is 10.0 Å². The zero-order chi connectivity index (χ0) is 14.0. The van der Waals surface area contributed by atoms with E-state index >= 15 is 0 Å². The number of benzene rings is 2. The monoisotopic (exact) mass is 293 g/mol. The van der Waals surface area contributed by atoms with Crippen LogP contribution < -0.4 is 5.73 Å². The molecule has 3 nitrogen and oxygen atoms in total. The maximum Gasteiger partial charge on any atom is 0.235 e. The van der Waals surface area contributed by atoms with Crippen LogP contribution in [0.3, 0.4) is 0 Å². The van der Waals surface area contributed by atoms with Crippen LogP contribution in [0.15, 0.2) is 42.5 Å². The fourth-order valence-corrected chi connectivity index (χ4v) is 2.06. The minimum atomic E-state index is -0.675. The van der Waals surface area contributed by atoms with Gasteiger partial charge in [0, 0.05) is 21.8 Å². The molecule has 0 fully saturated rings. The summed E-state index contributed by atoms with van der Waals surface area (Å²) in [7, 11) is 0. The molecule has 0 spiro atoms. The zero-order valence-corrected chi connectivity index (χ0v) is 11.2. The van der Waals surface area contributed by atoms with E-state index in [1.54, 1.807) is 12.1 Å². The molecule has 0 radical (unpaired) electrons. The molecule has 5 heteroatoms. The number of rotatable bonds is 3.